The number of nitrogens with zero attached hydrogens (tertiary/aromatic N) is 2. The molecule has 1 amide bonds. The first-order valence-corrected chi connectivity index (χ1v) is 9.07. The summed E-state index contributed by atoms with van der Waals surface area (Å²) in [5.41, 5.74) is 1.85. The van der Waals surface area contributed by atoms with Crippen LogP contribution in [-0.4, -0.2) is 61.8 Å². The predicted molar refractivity (Wildman–Crippen MR) is 94.4 cm³/mol. The monoisotopic (exact) mass is 360 g/mol. The Balaban J connectivity index is 1.85. The van der Waals surface area contributed by atoms with E-state index in [1.807, 2.05) is 26.0 Å². The van der Waals surface area contributed by atoms with E-state index in [2.05, 4.69) is 4.90 Å². The van der Waals surface area contributed by atoms with Gasteiger partial charge in [0, 0.05) is 18.7 Å². The molecule has 3 aliphatic rings. The van der Waals surface area contributed by atoms with Crippen molar-refractivity contribution in [2.45, 2.75) is 32.5 Å². The number of hydrogen-bond donors (Lipinski definition) is 0. The molecule has 0 aliphatic carbocycles. The molecule has 2 fully saturated rings. The Hall–Kier alpha value is -2.12. The van der Waals surface area contributed by atoms with E-state index >= 15 is 0 Å². The van der Waals surface area contributed by atoms with Crippen LogP contribution in [0.3, 0.4) is 0 Å². The summed E-state index contributed by atoms with van der Waals surface area (Å²) in [6.45, 7) is 8.99. The summed E-state index contributed by atoms with van der Waals surface area (Å²) >= 11 is 0. The Bertz CT molecular complexity index is 755. The second kappa shape index (κ2) is 6.25. The average molecular weight is 360 g/mol. The van der Waals surface area contributed by atoms with Gasteiger partial charge in [-0.2, -0.15) is 0 Å². The van der Waals surface area contributed by atoms with E-state index in [1.54, 1.807) is 11.8 Å². The third-order valence-corrected chi connectivity index (χ3v) is 5.23. The van der Waals surface area contributed by atoms with Crippen molar-refractivity contribution in [1.29, 1.82) is 0 Å². The molecule has 1 unspecified atom stereocenters. The molecule has 0 spiro atoms. The maximum absolute atomic E-state index is 13.3. The number of rotatable bonds is 3. The molecule has 140 valence electrons. The number of benzene rings is 1. The van der Waals surface area contributed by atoms with Crippen LogP contribution in [-0.2, 0) is 14.2 Å². The molecule has 0 radical (unpaired) electrons. The highest BCUT2D eigenvalue weighted by Crippen LogP contribution is 2.47. The summed E-state index contributed by atoms with van der Waals surface area (Å²) in [5, 5.41) is 0. The van der Waals surface area contributed by atoms with Crippen molar-refractivity contribution >= 4 is 17.6 Å². The van der Waals surface area contributed by atoms with E-state index in [0.717, 1.165) is 11.3 Å². The van der Waals surface area contributed by atoms with E-state index in [-0.39, 0.29) is 12.5 Å². The van der Waals surface area contributed by atoms with Crippen LogP contribution in [0.4, 0.5) is 5.69 Å². The molecule has 0 saturated carbocycles. The summed E-state index contributed by atoms with van der Waals surface area (Å²) in [7, 11) is 0. The number of ether oxygens (including phenoxy) is 3. The van der Waals surface area contributed by atoms with E-state index in [0.29, 0.717) is 44.0 Å². The topological polar surface area (TPSA) is 68.3 Å². The number of esters is 1. The van der Waals surface area contributed by atoms with Gasteiger partial charge in [-0.3, -0.25) is 4.79 Å². The maximum atomic E-state index is 13.3. The third-order valence-electron chi connectivity index (χ3n) is 5.23. The number of fused-ring (bicyclic) bond motifs is 3. The largest absolute Gasteiger partial charge is 0.462 e. The van der Waals surface area contributed by atoms with Gasteiger partial charge in [0.1, 0.15) is 0 Å². The van der Waals surface area contributed by atoms with E-state index in [1.165, 1.54) is 0 Å². The Morgan fingerprint density at radius 2 is 2.04 bits per heavy atom. The summed E-state index contributed by atoms with van der Waals surface area (Å²) in [6.07, 6.45) is -0.431. The van der Waals surface area contributed by atoms with Crippen LogP contribution in [0.5, 0.6) is 0 Å². The second-order valence-electron chi connectivity index (χ2n) is 7.39. The number of amides is 1. The van der Waals surface area contributed by atoms with Crippen LogP contribution in [0.2, 0.25) is 0 Å². The maximum Gasteiger partial charge on any atom is 0.341 e. The summed E-state index contributed by atoms with van der Waals surface area (Å²) < 4.78 is 16.6. The Kier molecular flexibility index (Phi) is 4.16. The second-order valence-corrected chi connectivity index (χ2v) is 7.39. The lowest BCUT2D eigenvalue weighted by Crippen LogP contribution is -2.42. The molecule has 3 aliphatic heterocycles. The lowest BCUT2D eigenvalue weighted by atomic mass is 9.98. The third kappa shape index (κ3) is 2.49. The number of carbonyl (C=O) groups is 2. The van der Waals surface area contributed by atoms with Gasteiger partial charge in [-0.05, 0) is 26.8 Å². The molecule has 2 saturated heterocycles. The lowest BCUT2D eigenvalue weighted by molar-refractivity contribution is 0.0314. The first-order chi connectivity index (χ1) is 12.5. The van der Waals surface area contributed by atoms with Gasteiger partial charge < -0.3 is 24.0 Å². The van der Waals surface area contributed by atoms with Crippen molar-refractivity contribution in [1.82, 2.24) is 4.90 Å². The van der Waals surface area contributed by atoms with E-state index < -0.39 is 17.7 Å². The molecule has 1 aromatic rings. The molecule has 1 aromatic carbocycles. The van der Waals surface area contributed by atoms with Crippen LogP contribution < -0.4 is 4.90 Å². The number of morpholine rings is 1. The summed E-state index contributed by atoms with van der Waals surface area (Å²) in [6, 6.07) is 3.81. The minimum atomic E-state index is -0.460. The molecule has 7 heteroatoms. The van der Waals surface area contributed by atoms with Crippen molar-refractivity contribution in [3.8, 4) is 0 Å². The number of anilines is 1. The van der Waals surface area contributed by atoms with E-state index in [4.69, 9.17) is 14.2 Å². The van der Waals surface area contributed by atoms with Gasteiger partial charge >= 0.3 is 5.97 Å². The lowest BCUT2D eigenvalue weighted by Gasteiger charge is -2.31. The summed E-state index contributed by atoms with van der Waals surface area (Å²) in [5.74, 6) is -0.621. The van der Waals surface area contributed by atoms with E-state index in [9.17, 15) is 9.59 Å². The van der Waals surface area contributed by atoms with Crippen LogP contribution in [0, 0.1) is 0 Å². The van der Waals surface area contributed by atoms with Gasteiger partial charge in [0.25, 0.3) is 5.91 Å². The highest BCUT2D eigenvalue weighted by atomic mass is 16.5. The number of hydrogen-bond acceptors (Lipinski definition) is 6. The molecule has 0 N–H and O–H groups in total. The first-order valence-electron chi connectivity index (χ1n) is 9.07. The van der Waals surface area contributed by atoms with Gasteiger partial charge in [-0.25, -0.2) is 4.79 Å². The zero-order valence-corrected chi connectivity index (χ0v) is 15.4. The number of carbonyl (C=O) groups excluding carboxylic acids is 2. The highest BCUT2D eigenvalue weighted by Gasteiger charge is 2.52. The van der Waals surface area contributed by atoms with Crippen LogP contribution >= 0.6 is 0 Å². The standard InChI is InChI=1S/C19H24N2O5/c1-4-25-18(23)15-13(20-7-9-24-10-8-20)6-5-12-14(15)16(22)21-17(12)26-11-19(21,2)3/h5-6,17H,4,7-11H2,1-3H3. The fraction of sp³-hybridized carbons (Fsp3) is 0.579. The molecular weight excluding hydrogens is 336 g/mol. The molecule has 26 heavy (non-hydrogen) atoms. The SMILES string of the molecule is CCOC(=O)c1c(N2CCOCC2)ccc2c1C(=O)N1C2OCC1(C)C. The molecule has 4 rings (SSSR count). The molecule has 7 nitrogen and oxygen atoms in total. The van der Waals surface area contributed by atoms with Crippen molar-refractivity contribution in [2.75, 3.05) is 44.4 Å². The fourth-order valence-electron chi connectivity index (χ4n) is 4.00. The van der Waals surface area contributed by atoms with Crippen molar-refractivity contribution in [2.24, 2.45) is 0 Å². The van der Waals surface area contributed by atoms with Crippen molar-refractivity contribution in [3.63, 3.8) is 0 Å². The fourth-order valence-corrected chi connectivity index (χ4v) is 4.00. The Morgan fingerprint density at radius 3 is 2.73 bits per heavy atom. The van der Waals surface area contributed by atoms with Gasteiger partial charge in [-0.15, -0.1) is 0 Å². The van der Waals surface area contributed by atoms with Crippen molar-refractivity contribution < 1.29 is 23.8 Å². The normalized spacial score (nSPS) is 23.8. The van der Waals surface area contributed by atoms with Crippen molar-refractivity contribution in [3.05, 3.63) is 28.8 Å². The minimum Gasteiger partial charge on any atom is -0.462 e. The van der Waals surface area contributed by atoms with Crippen LogP contribution in [0.25, 0.3) is 0 Å². The molecular formula is C19H24N2O5. The predicted octanol–water partition coefficient (Wildman–Crippen LogP) is 1.96. The minimum absolute atomic E-state index is 0.161. The Morgan fingerprint density at radius 1 is 1.31 bits per heavy atom. The molecule has 0 bridgehead atoms. The van der Waals surface area contributed by atoms with Gasteiger partial charge in [0.05, 0.1) is 48.8 Å². The van der Waals surface area contributed by atoms with Gasteiger partial charge in [-0.1, -0.05) is 6.07 Å². The zero-order valence-electron chi connectivity index (χ0n) is 15.4. The smallest absolute Gasteiger partial charge is 0.341 e. The quantitative estimate of drug-likeness (QED) is 0.768. The van der Waals surface area contributed by atoms with Crippen LogP contribution in [0.15, 0.2) is 12.1 Å². The Labute approximate surface area is 152 Å². The molecule has 1 atom stereocenters. The molecule has 0 aromatic heterocycles. The average Bonchev–Trinajstić information content (AvgIpc) is 3.11. The van der Waals surface area contributed by atoms with Gasteiger partial charge in [0.15, 0.2) is 6.23 Å². The van der Waals surface area contributed by atoms with Gasteiger partial charge in [0.2, 0.25) is 0 Å². The summed E-state index contributed by atoms with van der Waals surface area (Å²) in [4.78, 5) is 29.9. The first kappa shape index (κ1) is 17.3. The van der Waals surface area contributed by atoms with Crippen LogP contribution in [0.1, 0.15) is 53.3 Å². The zero-order chi connectivity index (χ0) is 18.5. The highest BCUT2D eigenvalue weighted by molar-refractivity contribution is 6.12. The molecule has 3 heterocycles.